The van der Waals surface area contributed by atoms with Gasteiger partial charge in [-0.15, -0.1) is 0 Å². The minimum absolute atomic E-state index is 0.0599. The Labute approximate surface area is 167 Å². The molecule has 152 valence electrons. The lowest BCUT2D eigenvalue weighted by atomic mass is 9.95. The quantitative estimate of drug-likeness (QED) is 0.454. The molecule has 5 nitrogen and oxygen atoms in total. The zero-order valence-electron chi connectivity index (χ0n) is 16.1. The lowest BCUT2D eigenvalue weighted by molar-refractivity contribution is -0.140. The molecule has 1 atom stereocenters. The van der Waals surface area contributed by atoms with Crippen LogP contribution in [-0.4, -0.2) is 41.0 Å². The summed E-state index contributed by atoms with van der Waals surface area (Å²) in [5.41, 5.74) is 0.548. The molecule has 0 bridgehead atoms. The molecule has 1 fully saturated rings. The monoisotopic (exact) mass is 401 g/mol. The van der Waals surface area contributed by atoms with Gasteiger partial charge in [0.2, 0.25) is 0 Å². The Morgan fingerprint density at radius 2 is 1.59 bits per heavy atom. The first-order valence-corrected chi connectivity index (χ1v) is 9.21. The molecule has 1 unspecified atom stereocenters. The van der Waals surface area contributed by atoms with Crippen LogP contribution in [0.5, 0.6) is 0 Å². The van der Waals surface area contributed by atoms with Crippen molar-refractivity contribution in [2.24, 2.45) is 0 Å². The van der Waals surface area contributed by atoms with Gasteiger partial charge >= 0.3 is 0 Å². The van der Waals surface area contributed by atoms with E-state index in [1.807, 2.05) is 13.8 Å². The molecule has 0 spiro atoms. The number of hydrogen-bond donors (Lipinski definition) is 1. The van der Waals surface area contributed by atoms with E-state index in [0.29, 0.717) is 5.56 Å². The van der Waals surface area contributed by atoms with Crippen molar-refractivity contribution in [3.05, 3.63) is 76.9 Å². The molecule has 1 aliphatic heterocycles. The van der Waals surface area contributed by atoms with Gasteiger partial charge in [-0.25, -0.2) is 8.78 Å². The van der Waals surface area contributed by atoms with Crippen LogP contribution in [0.3, 0.4) is 0 Å². The van der Waals surface area contributed by atoms with Crippen LogP contribution < -0.4 is 0 Å². The summed E-state index contributed by atoms with van der Waals surface area (Å²) in [6.07, 6.45) is -0.0599. The largest absolute Gasteiger partial charge is 0.507 e. The van der Waals surface area contributed by atoms with E-state index < -0.39 is 35.1 Å². The van der Waals surface area contributed by atoms with E-state index in [-0.39, 0.29) is 30.4 Å². The van der Waals surface area contributed by atoms with Gasteiger partial charge in [0.25, 0.3) is 11.7 Å². The smallest absolute Gasteiger partial charge is 0.295 e. The Kier molecular flexibility index (Phi) is 6.08. The van der Waals surface area contributed by atoms with Crippen LogP contribution in [0.25, 0.3) is 5.76 Å². The summed E-state index contributed by atoms with van der Waals surface area (Å²) < 4.78 is 32.1. The van der Waals surface area contributed by atoms with Gasteiger partial charge < -0.3 is 14.7 Å². The molecule has 0 aromatic heterocycles. The summed E-state index contributed by atoms with van der Waals surface area (Å²) in [6.45, 7) is 4.00. The Morgan fingerprint density at radius 1 is 1.03 bits per heavy atom. The second-order valence-electron chi connectivity index (χ2n) is 6.97. The fourth-order valence-corrected chi connectivity index (χ4v) is 3.25. The average molecular weight is 401 g/mol. The predicted octanol–water partition coefficient (Wildman–Crippen LogP) is 3.81. The normalized spacial score (nSPS) is 18.7. The van der Waals surface area contributed by atoms with Crippen LogP contribution in [0.1, 0.15) is 31.0 Å². The van der Waals surface area contributed by atoms with Crippen LogP contribution in [-0.2, 0) is 14.3 Å². The minimum Gasteiger partial charge on any atom is -0.507 e. The number of amides is 1. The summed E-state index contributed by atoms with van der Waals surface area (Å²) in [4.78, 5) is 26.7. The van der Waals surface area contributed by atoms with Gasteiger partial charge in [-0.05, 0) is 55.8 Å². The van der Waals surface area contributed by atoms with Crippen molar-refractivity contribution >= 4 is 17.4 Å². The molecule has 1 N–H and O–H groups in total. The van der Waals surface area contributed by atoms with Crippen molar-refractivity contribution in [2.45, 2.75) is 26.0 Å². The number of nitrogens with zero attached hydrogens (tertiary/aromatic N) is 1. The lowest BCUT2D eigenvalue weighted by Gasteiger charge is -2.25. The molecule has 1 heterocycles. The summed E-state index contributed by atoms with van der Waals surface area (Å²) in [7, 11) is 0. The first-order valence-electron chi connectivity index (χ1n) is 9.21. The highest BCUT2D eigenvalue weighted by molar-refractivity contribution is 6.46. The molecule has 2 aromatic rings. The fourth-order valence-electron chi connectivity index (χ4n) is 3.25. The summed E-state index contributed by atoms with van der Waals surface area (Å²) in [5, 5.41) is 10.8. The molecule has 0 radical (unpaired) electrons. The first-order chi connectivity index (χ1) is 13.8. The first kappa shape index (κ1) is 20.7. The third-order valence-corrected chi connectivity index (χ3v) is 4.63. The van der Waals surface area contributed by atoms with Crippen LogP contribution >= 0.6 is 0 Å². The number of likely N-dealkylation sites (tertiary alicyclic amines) is 1. The minimum atomic E-state index is -0.906. The number of aliphatic hydroxyl groups excluding tert-OH is 1. The molecule has 1 amide bonds. The fraction of sp³-hybridized carbons (Fsp3) is 0.273. The topological polar surface area (TPSA) is 66.8 Å². The Bertz CT molecular complexity index is 936. The second kappa shape index (κ2) is 8.53. The number of halogens is 2. The van der Waals surface area contributed by atoms with Crippen molar-refractivity contribution in [1.82, 2.24) is 4.90 Å². The molecular formula is C22H21F2NO4. The van der Waals surface area contributed by atoms with Crippen molar-refractivity contribution < 1.29 is 28.2 Å². The lowest BCUT2D eigenvalue weighted by Crippen LogP contribution is -2.33. The number of rotatable bonds is 6. The van der Waals surface area contributed by atoms with Crippen molar-refractivity contribution in [3.8, 4) is 0 Å². The molecule has 3 rings (SSSR count). The number of ether oxygens (including phenoxy) is 1. The molecule has 0 saturated carbocycles. The molecule has 7 heteroatoms. The van der Waals surface area contributed by atoms with E-state index >= 15 is 0 Å². The molecule has 1 saturated heterocycles. The highest BCUT2D eigenvalue weighted by Crippen LogP contribution is 2.39. The van der Waals surface area contributed by atoms with E-state index in [0.717, 1.165) is 12.1 Å². The van der Waals surface area contributed by atoms with Crippen LogP contribution in [0.15, 0.2) is 54.1 Å². The number of aliphatic hydroxyl groups is 1. The zero-order chi connectivity index (χ0) is 21.1. The van der Waals surface area contributed by atoms with Gasteiger partial charge in [-0.1, -0.05) is 12.1 Å². The molecule has 2 aromatic carbocycles. The standard InChI is InChI=1S/C22H21F2NO4/c1-13(2)29-12-11-25-19(14-3-7-16(23)8-4-14)18(21(27)22(25)28)20(26)15-5-9-17(24)10-6-15/h3-10,13,19,26H,11-12H2,1-2H3/b20-18-. The van der Waals surface area contributed by atoms with Crippen LogP contribution in [0.2, 0.25) is 0 Å². The van der Waals surface area contributed by atoms with E-state index in [2.05, 4.69) is 0 Å². The summed E-state index contributed by atoms with van der Waals surface area (Å²) >= 11 is 0. The highest BCUT2D eigenvalue weighted by atomic mass is 19.1. The number of hydrogen-bond acceptors (Lipinski definition) is 4. The molecule has 1 aliphatic rings. The van der Waals surface area contributed by atoms with E-state index in [1.165, 1.54) is 41.3 Å². The highest BCUT2D eigenvalue weighted by Gasteiger charge is 2.45. The van der Waals surface area contributed by atoms with Crippen molar-refractivity contribution in [3.63, 3.8) is 0 Å². The average Bonchev–Trinajstić information content (AvgIpc) is 2.93. The van der Waals surface area contributed by atoms with Crippen LogP contribution in [0, 0.1) is 11.6 Å². The third-order valence-electron chi connectivity index (χ3n) is 4.63. The molecule has 0 aliphatic carbocycles. The number of ketones is 1. The number of carbonyl (C=O) groups excluding carboxylic acids is 2. The zero-order valence-corrected chi connectivity index (χ0v) is 16.1. The van der Waals surface area contributed by atoms with E-state index in [9.17, 15) is 23.5 Å². The third kappa shape index (κ3) is 4.35. The van der Waals surface area contributed by atoms with Gasteiger partial charge in [0.15, 0.2) is 0 Å². The maximum absolute atomic E-state index is 13.4. The Morgan fingerprint density at radius 3 is 2.14 bits per heavy atom. The van der Waals surface area contributed by atoms with Gasteiger partial charge in [0.05, 0.1) is 24.3 Å². The van der Waals surface area contributed by atoms with E-state index in [1.54, 1.807) is 0 Å². The maximum atomic E-state index is 13.4. The summed E-state index contributed by atoms with van der Waals surface area (Å²) in [5.74, 6) is -3.01. The Balaban J connectivity index is 2.07. The number of carbonyl (C=O) groups is 2. The van der Waals surface area contributed by atoms with Gasteiger partial charge in [-0.2, -0.15) is 0 Å². The van der Waals surface area contributed by atoms with Crippen molar-refractivity contribution in [1.29, 1.82) is 0 Å². The van der Waals surface area contributed by atoms with Gasteiger partial charge in [0.1, 0.15) is 17.4 Å². The maximum Gasteiger partial charge on any atom is 0.295 e. The summed E-state index contributed by atoms with van der Waals surface area (Å²) in [6, 6.07) is 9.39. The predicted molar refractivity (Wildman–Crippen MR) is 103 cm³/mol. The number of benzene rings is 2. The molecule has 29 heavy (non-hydrogen) atoms. The SMILES string of the molecule is CC(C)OCCN1C(=O)C(=O)/C(=C(\O)c2ccc(F)cc2)C1c1ccc(F)cc1. The second-order valence-corrected chi connectivity index (χ2v) is 6.97. The van der Waals surface area contributed by atoms with Crippen molar-refractivity contribution in [2.75, 3.05) is 13.2 Å². The Hall–Kier alpha value is -3.06. The number of Topliss-reactive ketones (excluding diaryl/α,β-unsaturated/α-hetero) is 1. The van der Waals surface area contributed by atoms with Gasteiger partial charge in [0, 0.05) is 12.1 Å². The van der Waals surface area contributed by atoms with E-state index in [4.69, 9.17) is 4.74 Å². The van der Waals surface area contributed by atoms with Crippen LogP contribution in [0.4, 0.5) is 8.78 Å². The van der Waals surface area contributed by atoms with Gasteiger partial charge in [-0.3, -0.25) is 9.59 Å². The molecular weight excluding hydrogens is 380 g/mol.